The smallest absolute Gasteiger partial charge is 0.343 e. The first kappa shape index (κ1) is 23.4. The van der Waals surface area contributed by atoms with E-state index in [1.807, 2.05) is 19.1 Å². The maximum absolute atomic E-state index is 13.0. The number of hydrogen-bond acceptors (Lipinski definition) is 6. The number of carbonyl (C=O) groups is 3. The highest BCUT2D eigenvalue weighted by Gasteiger charge is 2.39. The Hall–Kier alpha value is -3.81. The average molecular weight is 497 g/mol. The van der Waals surface area contributed by atoms with Gasteiger partial charge in [-0.2, -0.15) is 0 Å². The molecule has 0 aromatic heterocycles. The highest BCUT2D eigenvalue weighted by Crippen LogP contribution is 2.33. The van der Waals surface area contributed by atoms with Crippen LogP contribution < -0.4 is 15.0 Å². The fraction of sp³-hybridized carbons (Fsp3) is 0.0800. The van der Waals surface area contributed by atoms with Crippen LogP contribution in [0.2, 0.25) is 5.02 Å². The normalized spacial score (nSPS) is 13.5. The van der Waals surface area contributed by atoms with Crippen LogP contribution in [0.3, 0.4) is 0 Å². The summed E-state index contributed by atoms with van der Waals surface area (Å²) in [6, 6.07) is 15.6. The molecule has 0 saturated heterocycles. The first-order valence-corrected chi connectivity index (χ1v) is 10.8. The number of aryl methyl sites for hydroxylation is 2. The maximum atomic E-state index is 13.0. The monoisotopic (exact) mass is 496 g/mol. The zero-order valence-corrected chi connectivity index (χ0v) is 19.6. The van der Waals surface area contributed by atoms with Gasteiger partial charge in [-0.3, -0.25) is 9.59 Å². The molecule has 1 aliphatic heterocycles. The van der Waals surface area contributed by atoms with Crippen molar-refractivity contribution in [3.8, 4) is 11.5 Å². The SMILES string of the molecule is Cc1ccc(C)c(N2C(=O)C(Cl)=C(Nc3ccc(C(=O)Oc4ccc(Cl)c(O)c4)cc3)C2=O)c1. The molecule has 2 N–H and O–H groups in total. The molecule has 1 aliphatic rings. The Labute approximate surface area is 205 Å². The van der Waals surface area contributed by atoms with E-state index < -0.39 is 17.8 Å². The average Bonchev–Trinajstić information content (AvgIpc) is 3.01. The van der Waals surface area contributed by atoms with Crippen molar-refractivity contribution in [1.82, 2.24) is 0 Å². The number of aromatic hydroxyl groups is 1. The van der Waals surface area contributed by atoms with E-state index in [2.05, 4.69) is 5.32 Å². The van der Waals surface area contributed by atoms with E-state index in [-0.39, 0.29) is 32.8 Å². The van der Waals surface area contributed by atoms with Gasteiger partial charge in [-0.05, 0) is 67.4 Å². The van der Waals surface area contributed by atoms with Crippen molar-refractivity contribution in [2.24, 2.45) is 0 Å². The number of phenols is 1. The summed E-state index contributed by atoms with van der Waals surface area (Å²) in [5, 5.41) is 12.4. The Kier molecular flexibility index (Phi) is 6.32. The molecule has 9 heteroatoms. The van der Waals surface area contributed by atoms with Crippen molar-refractivity contribution in [2.45, 2.75) is 13.8 Å². The lowest BCUT2D eigenvalue weighted by atomic mass is 10.1. The molecule has 172 valence electrons. The minimum atomic E-state index is -0.654. The molecule has 4 rings (SSSR count). The number of phenolic OH excluding ortho intramolecular Hbond substituents is 1. The highest BCUT2D eigenvalue weighted by atomic mass is 35.5. The Morgan fingerprint density at radius 1 is 0.941 bits per heavy atom. The van der Waals surface area contributed by atoms with Crippen LogP contribution in [-0.4, -0.2) is 22.9 Å². The number of halogens is 2. The maximum Gasteiger partial charge on any atom is 0.343 e. The van der Waals surface area contributed by atoms with Crippen LogP contribution in [0, 0.1) is 13.8 Å². The van der Waals surface area contributed by atoms with Gasteiger partial charge >= 0.3 is 5.97 Å². The molecule has 3 aromatic carbocycles. The summed E-state index contributed by atoms with van der Waals surface area (Å²) in [7, 11) is 0. The van der Waals surface area contributed by atoms with Crippen LogP contribution in [0.4, 0.5) is 11.4 Å². The largest absolute Gasteiger partial charge is 0.506 e. The van der Waals surface area contributed by atoms with Crippen molar-refractivity contribution >= 4 is 52.4 Å². The van der Waals surface area contributed by atoms with Crippen LogP contribution in [0.1, 0.15) is 21.5 Å². The number of ether oxygens (including phenoxy) is 1. The molecule has 2 amide bonds. The lowest BCUT2D eigenvalue weighted by Crippen LogP contribution is -2.32. The third kappa shape index (κ3) is 4.48. The van der Waals surface area contributed by atoms with E-state index in [4.69, 9.17) is 27.9 Å². The van der Waals surface area contributed by atoms with Crippen LogP contribution in [0.15, 0.2) is 71.4 Å². The zero-order chi connectivity index (χ0) is 24.6. The van der Waals surface area contributed by atoms with Gasteiger partial charge in [-0.1, -0.05) is 35.3 Å². The third-order valence-electron chi connectivity index (χ3n) is 5.15. The van der Waals surface area contributed by atoms with E-state index in [0.29, 0.717) is 11.4 Å². The van der Waals surface area contributed by atoms with Gasteiger partial charge in [0.05, 0.1) is 16.3 Å². The second-order valence-corrected chi connectivity index (χ2v) is 8.41. The van der Waals surface area contributed by atoms with Crippen LogP contribution >= 0.6 is 23.2 Å². The fourth-order valence-electron chi connectivity index (χ4n) is 3.35. The number of esters is 1. The van der Waals surface area contributed by atoms with Crippen LogP contribution in [0.25, 0.3) is 0 Å². The summed E-state index contributed by atoms with van der Waals surface area (Å²) in [4.78, 5) is 39.2. The molecular weight excluding hydrogens is 479 g/mol. The number of anilines is 2. The number of imide groups is 1. The first-order chi connectivity index (χ1) is 16.2. The molecule has 0 saturated carbocycles. The molecule has 0 unspecified atom stereocenters. The number of amides is 2. The van der Waals surface area contributed by atoms with Gasteiger partial charge in [0.1, 0.15) is 22.2 Å². The highest BCUT2D eigenvalue weighted by molar-refractivity contribution is 6.53. The van der Waals surface area contributed by atoms with Crippen LogP contribution in [0.5, 0.6) is 11.5 Å². The molecular formula is C25H18Cl2N2O5. The summed E-state index contributed by atoms with van der Waals surface area (Å²) in [6.07, 6.45) is 0. The van der Waals surface area contributed by atoms with Gasteiger partial charge in [-0.25, -0.2) is 9.69 Å². The second-order valence-electron chi connectivity index (χ2n) is 7.63. The number of nitrogens with zero attached hydrogens (tertiary/aromatic N) is 1. The van der Waals surface area contributed by atoms with Gasteiger partial charge < -0.3 is 15.2 Å². The lowest BCUT2D eigenvalue weighted by Gasteiger charge is -2.18. The molecule has 34 heavy (non-hydrogen) atoms. The van der Waals surface area contributed by atoms with E-state index in [1.54, 1.807) is 25.1 Å². The van der Waals surface area contributed by atoms with E-state index in [1.165, 1.54) is 30.3 Å². The number of hydrogen-bond donors (Lipinski definition) is 2. The van der Waals surface area contributed by atoms with Gasteiger partial charge in [0.2, 0.25) is 0 Å². The molecule has 0 bridgehead atoms. The van der Waals surface area contributed by atoms with Crippen molar-refractivity contribution in [1.29, 1.82) is 0 Å². The Bertz CT molecular complexity index is 1370. The van der Waals surface area contributed by atoms with Gasteiger partial charge in [-0.15, -0.1) is 0 Å². The van der Waals surface area contributed by atoms with Crippen molar-refractivity contribution in [2.75, 3.05) is 10.2 Å². The molecule has 7 nitrogen and oxygen atoms in total. The standard InChI is InChI=1S/C25H18Cl2N2O5/c1-13-3-4-14(2)19(11-13)29-23(31)21(27)22(24(29)32)28-16-7-5-15(6-8-16)25(33)34-17-9-10-18(26)20(30)12-17/h3-12,28,30H,1-2H3. The van der Waals surface area contributed by atoms with Gasteiger partial charge in [0.15, 0.2) is 0 Å². The topological polar surface area (TPSA) is 95.9 Å². The number of benzene rings is 3. The summed E-state index contributed by atoms with van der Waals surface area (Å²) in [6.45, 7) is 3.67. The van der Waals surface area contributed by atoms with E-state index >= 15 is 0 Å². The predicted molar refractivity (Wildman–Crippen MR) is 129 cm³/mol. The number of nitrogens with one attached hydrogen (secondary N) is 1. The van der Waals surface area contributed by atoms with E-state index in [9.17, 15) is 19.5 Å². The summed E-state index contributed by atoms with van der Waals surface area (Å²) >= 11 is 12.0. The Morgan fingerprint density at radius 2 is 1.65 bits per heavy atom. The molecule has 1 heterocycles. The van der Waals surface area contributed by atoms with Crippen LogP contribution in [-0.2, 0) is 9.59 Å². The first-order valence-electron chi connectivity index (χ1n) is 10.1. The molecule has 0 spiro atoms. The number of rotatable bonds is 5. The van der Waals surface area contributed by atoms with Crippen molar-refractivity contribution in [3.05, 3.63) is 93.1 Å². The van der Waals surface area contributed by atoms with Crippen molar-refractivity contribution in [3.63, 3.8) is 0 Å². The minimum absolute atomic E-state index is 0.0560. The molecule has 0 fully saturated rings. The van der Waals surface area contributed by atoms with Crippen molar-refractivity contribution < 1.29 is 24.2 Å². The quantitative estimate of drug-likeness (QED) is 0.282. The molecule has 0 aliphatic carbocycles. The Morgan fingerprint density at radius 3 is 2.32 bits per heavy atom. The minimum Gasteiger partial charge on any atom is -0.506 e. The Balaban J connectivity index is 1.50. The summed E-state index contributed by atoms with van der Waals surface area (Å²) in [5.41, 5.74) is 2.74. The molecule has 0 radical (unpaired) electrons. The zero-order valence-electron chi connectivity index (χ0n) is 18.1. The van der Waals surface area contributed by atoms with E-state index in [0.717, 1.165) is 16.0 Å². The fourth-order valence-corrected chi connectivity index (χ4v) is 3.68. The number of carbonyl (C=O) groups excluding carboxylic acids is 3. The van der Waals surface area contributed by atoms with Gasteiger partial charge in [0, 0.05) is 11.8 Å². The molecule has 3 aromatic rings. The summed E-state index contributed by atoms with van der Waals surface area (Å²) < 4.78 is 5.23. The second kappa shape index (κ2) is 9.21. The summed E-state index contributed by atoms with van der Waals surface area (Å²) in [5.74, 6) is -1.92. The lowest BCUT2D eigenvalue weighted by molar-refractivity contribution is -0.120. The van der Waals surface area contributed by atoms with Gasteiger partial charge in [0.25, 0.3) is 11.8 Å². The third-order valence-corrected chi connectivity index (χ3v) is 5.82. The molecule has 0 atom stereocenters. The predicted octanol–water partition coefficient (Wildman–Crippen LogP) is 5.32.